The van der Waals surface area contributed by atoms with Gasteiger partial charge >= 0.3 is 0 Å². The first-order chi connectivity index (χ1) is 21.3. The van der Waals surface area contributed by atoms with Gasteiger partial charge in [0, 0.05) is 56.7 Å². The van der Waals surface area contributed by atoms with Gasteiger partial charge in [0.05, 0.1) is 36.5 Å². The summed E-state index contributed by atoms with van der Waals surface area (Å²) < 4.78 is 10.9. The first-order valence-electron chi connectivity index (χ1n) is 13.8. The van der Waals surface area contributed by atoms with E-state index in [1.807, 2.05) is 12.1 Å². The lowest BCUT2D eigenvalue weighted by Gasteiger charge is -2.17. The number of anilines is 3. The van der Waals surface area contributed by atoms with Gasteiger partial charge < -0.3 is 30.3 Å². The lowest BCUT2D eigenvalue weighted by Crippen LogP contribution is -2.26. The van der Waals surface area contributed by atoms with E-state index in [-0.39, 0.29) is 34.9 Å². The number of para-hydroxylation sites is 1. The average Bonchev–Trinajstić information content (AvgIpc) is 3.81. The molecular weight excluding hydrogens is 584 g/mol. The van der Waals surface area contributed by atoms with Gasteiger partial charge in [0.1, 0.15) is 16.5 Å². The molecule has 0 atom stereocenters. The standard InChI is InChI=1S/C30H32N8O5S/c1-31-29(40)26-23(12-24(36-37-26)35-28(39)17-8-9-17)34-21-7-5-6-20(27(21)43-4)18-10-11-22(32-13-18)30(41)38(2)15-25-33-14-19(44-25)16-42-3/h5-7,10-14,17H,8-9,15-16H2,1-4H3,(H,31,40)(H2,34,35,36,39). The van der Waals surface area contributed by atoms with Gasteiger partial charge in [0.15, 0.2) is 11.5 Å². The van der Waals surface area contributed by atoms with Crippen LogP contribution in [0.5, 0.6) is 5.75 Å². The Morgan fingerprint density at radius 2 is 1.86 bits per heavy atom. The fourth-order valence-corrected chi connectivity index (χ4v) is 5.36. The molecule has 1 aliphatic carbocycles. The molecule has 5 rings (SSSR count). The third kappa shape index (κ3) is 6.98. The van der Waals surface area contributed by atoms with Crippen molar-refractivity contribution in [2.75, 3.05) is 38.9 Å². The third-order valence-electron chi connectivity index (χ3n) is 6.82. The summed E-state index contributed by atoms with van der Waals surface area (Å²) in [5.74, 6) is -0.130. The number of rotatable bonds is 12. The van der Waals surface area contributed by atoms with Crippen LogP contribution in [-0.2, 0) is 22.7 Å². The maximum atomic E-state index is 13.1. The highest BCUT2D eigenvalue weighted by molar-refractivity contribution is 7.11. The SMILES string of the molecule is CNC(=O)c1nnc(NC(=O)C2CC2)cc1Nc1cccc(-c2ccc(C(=O)N(C)Cc3ncc(COC)s3)nc2)c1OC. The molecule has 3 heterocycles. The predicted molar refractivity (Wildman–Crippen MR) is 165 cm³/mol. The molecule has 3 aromatic heterocycles. The molecule has 0 bridgehead atoms. The van der Waals surface area contributed by atoms with Crippen LogP contribution in [0.4, 0.5) is 17.2 Å². The van der Waals surface area contributed by atoms with Crippen molar-refractivity contribution in [3.05, 3.63) is 70.1 Å². The van der Waals surface area contributed by atoms with Gasteiger partial charge in [-0.3, -0.25) is 19.4 Å². The Balaban J connectivity index is 1.36. The first kappa shape index (κ1) is 30.5. The molecule has 14 heteroatoms. The van der Waals surface area contributed by atoms with E-state index in [0.717, 1.165) is 22.7 Å². The minimum absolute atomic E-state index is 0.0217. The summed E-state index contributed by atoms with van der Waals surface area (Å²) in [6.45, 7) is 0.832. The molecule has 0 saturated heterocycles. The van der Waals surface area contributed by atoms with Crippen LogP contribution in [0, 0.1) is 5.92 Å². The van der Waals surface area contributed by atoms with E-state index in [2.05, 4.69) is 36.1 Å². The fourth-order valence-electron chi connectivity index (χ4n) is 4.42. The van der Waals surface area contributed by atoms with Crippen LogP contribution in [0.3, 0.4) is 0 Å². The molecule has 1 aliphatic rings. The Morgan fingerprint density at radius 3 is 2.55 bits per heavy atom. The van der Waals surface area contributed by atoms with Gasteiger partial charge in [-0.2, -0.15) is 0 Å². The van der Waals surface area contributed by atoms with Crippen molar-refractivity contribution >= 4 is 46.3 Å². The number of ether oxygens (including phenoxy) is 2. The molecule has 13 nitrogen and oxygen atoms in total. The molecule has 0 unspecified atom stereocenters. The van der Waals surface area contributed by atoms with Gasteiger partial charge in [-0.05, 0) is 25.0 Å². The number of thiazole rings is 1. The molecule has 1 saturated carbocycles. The Labute approximate surface area is 258 Å². The van der Waals surface area contributed by atoms with E-state index in [0.29, 0.717) is 41.4 Å². The Hall–Kier alpha value is -4.95. The summed E-state index contributed by atoms with van der Waals surface area (Å²) in [5, 5.41) is 17.4. The zero-order valence-corrected chi connectivity index (χ0v) is 25.5. The second-order valence-corrected chi connectivity index (χ2v) is 11.3. The van der Waals surface area contributed by atoms with Crippen molar-refractivity contribution in [2.45, 2.75) is 26.0 Å². The maximum absolute atomic E-state index is 13.1. The van der Waals surface area contributed by atoms with E-state index in [9.17, 15) is 14.4 Å². The molecule has 44 heavy (non-hydrogen) atoms. The molecule has 4 aromatic rings. The summed E-state index contributed by atoms with van der Waals surface area (Å²) in [7, 11) is 6.36. The maximum Gasteiger partial charge on any atom is 0.273 e. The number of carbonyl (C=O) groups is 3. The van der Waals surface area contributed by atoms with Gasteiger partial charge in [-0.15, -0.1) is 21.5 Å². The van der Waals surface area contributed by atoms with E-state index >= 15 is 0 Å². The highest BCUT2D eigenvalue weighted by atomic mass is 32.1. The second-order valence-electron chi connectivity index (χ2n) is 10.1. The minimum atomic E-state index is -0.449. The van der Waals surface area contributed by atoms with E-state index in [1.165, 1.54) is 25.5 Å². The summed E-state index contributed by atoms with van der Waals surface area (Å²) in [6, 6.07) is 10.5. The van der Waals surface area contributed by atoms with E-state index in [1.54, 1.807) is 55.7 Å². The van der Waals surface area contributed by atoms with Crippen LogP contribution in [0.25, 0.3) is 11.1 Å². The number of pyridine rings is 1. The van der Waals surface area contributed by atoms with Crippen LogP contribution < -0.4 is 20.7 Å². The Bertz CT molecular complexity index is 1670. The van der Waals surface area contributed by atoms with Gasteiger partial charge in [0.25, 0.3) is 11.8 Å². The minimum Gasteiger partial charge on any atom is -0.494 e. The van der Waals surface area contributed by atoms with Crippen LogP contribution in [0.15, 0.2) is 48.8 Å². The molecule has 0 radical (unpaired) electrons. The normalized spacial score (nSPS) is 12.4. The first-order valence-corrected chi connectivity index (χ1v) is 14.6. The van der Waals surface area contributed by atoms with Crippen molar-refractivity contribution in [1.82, 2.24) is 30.4 Å². The van der Waals surface area contributed by atoms with Gasteiger partial charge in [-0.25, -0.2) is 4.98 Å². The number of methoxy groups -OCH3 is 2. The summed E-state index contributed by atoms with van der Waals surface area (Å²) in [6.07, 6.45) is 5.04. The number of aromatic nitrogens is 4. The largest absolute Gasteiger partial charge is 0.494 e. The summed E-state index contributed by atoms with van der Waals surface area (Å²) >= 11 is 1.50. The smallest absolute Gasteiger partial charge is 0.273 e. The zero-order valence-electron chi connectivity index (χ0n) is 24.7. The Kier molecular flexibility index (Phi) is 9.41. The topological polar surface area (TPSA) is 161 Å². The van der Waals surface area contributed by atoms with Crippen LogP contribution in [0.2, 0.25) is 0 Å². The van der Waals surface area contributed by atoms with Crippen molar-refractivity contribution < 1.29 is 23.9 Å². The van der Waals surface area contributed by atoms with Crippen molar-refractivity contribution in [1.29, 1.82) is 0 Å². The third-order valence-corrected chi connectivity index (χ3v) is 7.78. The van der Waals surface area contributed by atoms with Crippen LogP contribution in [-0.4, -0.2) is 71.1 Å². The monoisotopic (exact) mass is 616 g/mol. The number of benzene rings is 1. The fraction of sp³-hybridized carbons (Fsp3) is 0.300. The summed E-state index contributed by atoms with van der Waals surface area (Å²) in [5.41, 5.74) is 2.63. The number of amides is 3. The number of hydrogen-bond acceptors (Lipinski definition) is 11. The van der Waals surface area contributed by atoms with Gasteiger partial charge in [0.2, 0.25) is 5.91 Å². The number of nitrogens with one attached hydrogen (secondary N) is 3. The number of nitrogens with zero attached hydrogens (tertiary/aromatic N) is 5. The van der Waals surface area contributed by atoms with Crippen LogP contribution in [0.1, 0.15) is 43.7 Å². The molecule has 0 spiro atoms. The molecule has 1 aromatic carbocycles. The molecule has 3 N–H and O–H groups in total. The molecule has 0 aliphatic heterocycles. The number of carbonyl (C=O) groups excluding carboxylic acids is 3. The van der Waals surface area contributed by atoms with Crippen molar-refractivity contribution in [2.24, 2.45) is 5.92 Å². The van der Waals surface area contributed by atoms with Crippen LogP contribution >= 0.6 is 11.3 Å². The zero-order chi connectivity index (χ0) is 31.2. The van der Waals surface area contributed by atoms with Crippen molar-refractivity contribution in [3.8, 4) is 16.9 Å². The average molecular weight is 617 g/mol. The highest BCUT2D eigenvalue weighted by Gasteiger charge is 2.30. The second kappa shape index (κ2) is 13.6. The van der Waals surface area contributed by atoms with E-state index in [4.69, 9.17) is 9.47 Å². The molecular formula is C30H32N8O5S. The predicted octanol–water partition coefficient (Wildman–Crippen LogP) is 3.87. The lowest BCUT2D eigenvalue weighted by atomic mass is 10.0. The quantitative estimate of drug-likeness (QED) is 0.213. The van der Waals surface area contributed by atoms with Gasteiger partial charge in [-0.1, -0.05) is 18.2 Å². The summed E-state index contributed by atoms with van der Waals surface area (Å²) in [4.78, 5) is 49.3. The highest BCUT2D eigenvalue weighted by Crippen LogP contribution is 2.38. The molecule has 228 valence electrons. The molecule has 3 amide bonds. The molecule has 1 fully saturated rings. The Morgan fingerprint density at radius 1 is 1.05 bits per heavy atom. The lowest BCUT2D eigenvalue weighted by molar-refractivity contribution is -0.117. The van der Waals surface area contributed by atoms with E-state index < -0.39 is 5.91 Å². The number of hydrogen-bond donors (Lipinski definition) is 3. The van der Waals surface area contributed by atoms with Crippen molar-refractivity contribution in [3.63, 3.8) is 0 Å².